The van der Waals surface area contributed by atoms with Crippen molar-refractivity contribution >= 4 is 28.3 Å². The summed E-state index contributed by atoms with van der Waals surface area (Å²) >= 11 is 2.35. The molecule has 1 aromatic rings. The van der Waals surface area contributed by atoms with Crippen LogP contribution in [0.5, 0.6) is 0 Å². The fourth-order valence-corrected chi connectivity index (χ4v) is 1.82. The summed E-state index contributed by atoms with van der Waals surface area (Å²) in [7, 11) is 0. The summed E-state index contributed by atoms with van der Waals surface area (Å²) in [5, 5.41) is 0. The number of aryl methyl sites for hydroxylation is 1. The van der Waals surface area contributed by atoms with Crippen LogP contribution in [0.4, 0.5) is 5.69 Å². The Hall–Kier alpha value is -0.250. The van der Waals surface area contributed by atoms with Gasteiger partial charge in [-0.25, -0.2) is 0 Å². The molecular weight excluding hydrogens is 273 g/mol. The van der Waals surface area contributed by atoms with Gasteiger partial charge in [0.05, 0.1) is 0 Å². The number of anilines is 1. The van der Waals surface area contributed by atoms with Gasteiger partial charge < -0.3 is 5.73 Å². The molecule has 72 valence electrons. The lowest BCUT2D eigenvalue weighted by atomic mass is 9.85. The van der Waals surface area contributed by atoms with Gasteiger partial charge in [-0.15, -0.1) is 0 Å². The zero-order valence-corrected chi connectivity index (χ0v) is 10.8. The molecule has 13 heavy (non-hydrogen) atoms. The average Bonchev–Trinajstić information content (AvgIpc) is 1.94. The van der Waals surface area contributed by atoms with Crippen LogP contribution in [0.3, 0.4) is 0 Å². The van der Waals surface area contributed by atoms with Crippen molar-refractivity contribution in [1.29, 1.82) is 0 Å². The summed E-state index contributed by atoms with van der Waals surface area (Å²) in [5.74, 6) is 0. The molecule has 0 aliphatic rings. The molecule has 0 fully saturated rings. The zero-order valence-electron chi connectivity index (χ0n) is 8.61. The summed E-state index contributed by atoms with van der Waals surface area (Å²) in [6, 6.07) is 4.24. The maximum absolute atomic E-state index is 5.97. The average molecular weight is 289 g/mol. The minimum atomic E-state index is 0.137. The van der Waals surface area contributed by atoms with Gasteiger partial charge in [0.25, 0.3) is 0 Å². The van der Waals surface area contributed by atoms with Crippen molar-refractivity contribution in [2.24, 2.45) is 0 Å². The predicted octanol–water partition coefficient (Wildman–Crippen LogP) is 3.48. The van der Waals surface area contributed by atoms with Gasteiger partial charge in [0.15, 0.2) is 0 Å². The van der Waals surface area contributed by atoms with E-state index in [0.29, 0.717) is 0 Å². The predicted molar refractivity (Wildman–Crippen MR) is 67.0 cm³/mol. The lowest BCUT2D eigenvalue weighted by Gasteiger charge is -2.22. The van der Waals surface area contributed by atoms with E-state index in [0.717, 1.165) is 5.69 Å². The van der Waals surface area contributed by atoms with Crippen molar-refractivity contribution in [2.45, 2.75) is 33.1 Å². The molecule has 1 aromatic carbocycles. The van der Waals surface area contributed by atoms with Crippen LogP contribution in [0, 0.1) is 10.5 Å². The van der Waals surface area contributed by atoms with Gasteiger partial charge in [-0.3, -0.25) is 0 Å². The van der Waals surface area contributed by atoms with Crippen LogP contribution in [0.15, 0.2) is 12.1 Å². The quantitative estimate of drug-likeness (QED) is 0.574. The van der Waals surface area contributed by atoms with E-state index in [1.54, 1.807) is 0 Å². The molecule has 0 saturated carbocycles. The summed E-state index contributed by atoms with van der Waals surface area (Å²) in [6.07, 6.45) is 0. The Bertz CT molecular complexity index is 324. The molecule has 0 atom stereocenters. The highest BCUT2D eigenvalue weighted by Gasteiger charge is 2.17. The summed E-state index contributed by atoms with van der Waals surface area (Å²) in [6.45, 7) is 8.64. The van der Waals surface area contributed by atoms with E-state index in [2.05, 4.69) is 62.4 Å². The third kappa shape index (κ3) is 2.36. The third-order valence-electron chi connectivity index (χ3n) is 2.14. The van der Waals surface area contributed by atoms with E-state index in [1.807, 2.05) is 0 Å². The van der Waals surface area contributed by atoms with E-state index in [1.165, 1.54) is 14.7 Å². The first kappa shape index (κ1) is 10.8. The van der Waals surface area contributed by atoms with Gasteiger partial charge in [-0.05, 0) is 58.2 Å². The van der Waals surface area contributed by atoms with Crippen molar-refractivity contribution in [3.63, 3.8) is 0 Å². The SMILES string of the molecule is Cc1cc(N)c(C(C)(C)C)cc1I. The lowest BCUT2D eigenvalue weighted by molar-refractivity contribution is 0.592. The van der Waals surface area contributed by atoms with Gasteiger partial charge in [-0.1, -0.05) is 20.8 Å². The van der Waals surface area contributed by atoms with E-state index in [9.17, 15) is 0 Å². The number of benzene rings is 1. The first-order valence-corrected chi connectivity index (χ1v) is 5.46. The summed E-state index contributed by atoms with van der Waals surface area (Å²) in [5.41, 5.74) is 9.51. The van der Waals surface area contributed by atoms with Crippen LogP contribution in [0.1, 0.15) is 31.9 Å². The highest BCUT2D eigenvalue weighted by molar-refractivity contribution is 14.1. The van der Waals surface area contributed by atoms with E-state index < -0.39 is 0 Å². The van der Waals surface area contributed by atoms with Crippen molar-refractivity contribution < 1.29 is 0 Å². The Kier molecular flexibility index (Phi) is 2.90. The standard InChI is InChI=1S/C11H16IN/c1-7-5-10(13)8(6-9(7)12)11(2,3)4/h5-6H,13H2,1-4H3. The molecular formula is C11H16IN. The minimum Gasteiger partial charge on any atom is -0.398 e. The van der Waals surface area contributed by atoms with E-state index in [-0.39, 0.29) is 5.41 Å². The lowest BCUT2D eigenvalue weighted by Crippen LogP contribution is -2.14. The molecule has 1 rings (SSSR count). The van der Waals surface area contributed by atoms with Crippen molar-refractivity contribution in [1.82, 2.24) is 0 Å². The Labute approximate surface area is 93.9 Å². The molecule has 0 bridgehead atoms. The normalized spacial score (nSPS) is 11.8. The zero-order chi connectivity index (χ0) is 10.2. The maximum Gasteiger partial charge on any atom is 0.0355 e. The van der Waals surface area contributed by atoms with Crippen LogP contribution in [-0.4, -0.2) is 0 Å². The Balaban J connectivity index is 3.32. The number of halogens is 1. The molecule has 2 N–H and O–H groups in total. The molecule has 0 heterocycles. The number of nitrogen functional groups attached to an aromatic ring is 1. The number of rotatable bonds is 0. The minimum absolute atomic E-state index is 0.137. The van der Waals surface area contributed by atoms with Gasteiger partial charge in [-0.2, -0.15) is 0 Å². The van der Waals surface area contributed by atoms with E-state index in [4.69, 9.17) is 5.73 Å². The molecule has 1 nitrogen and oxygen atoms in total. The monoisotopic (exact) mass is 289 g/mol. The Morgan fingerprint density at radius 3 is 2.23 bits per heavy atom. The van der Waals surface area contributed by atoms with Crippen molar-refractivity contribution in [3.05, 3.63) is 26.8 Å². The van der Waals surface area contributed by atoms with Crippen LogP contribution in [-0.2, 0) is 5.41 Å². The molecule has 0 aromatic heterocycles. The smallest absolute Gasteiger partial charge is 0.0355 e. The first-order chi connectivity index (χ1) is 5.82. The number of nitrogens with two attached hydrogens (primary N) is 1. The Morgan fingerprint density at radius 2 is 1.77 bits per heavy atom. The topological polar surface area (TPSA) is 26.0 Å². The van der Waals surface area contributed by atoms with Gasteiger partial charge in [0, 0.05) is 9.26 Å². The maximum atomic E-state index is 5.97. The second-order valence-corrected chi connectivity index (χ2v) is 5.60. The van der Waals surface area contributed by atoms with Crippen molar-refractivity contribution in [3.8, 4) is 0 Å². The molecule has 0 aliphatic heterocycles. The largest absolute Gasteiger partial charge is 0.398 e. The molecule has 0 aliphatic carbocycles. The van der Waals surface area contributed by atoms with Gasteiger partial charge >= 0.3 is 0 Å². The molecule has 0 radical (unpaired) electrons. The number of hydrogen-bond donors (Lipinski definition) is 1. The summed E-state index contributed by atoms with van der Waals surface area (Å²) < 4.78 is 1.29. The second-order valence-electron chi connectivity index (χ2n) is 4.44. The molecule has 0 amide bonds. The Morgan fingerprint density at radius 1 is 1.23 bits per heavy atom. The van der Waals surface area contributed by atoms with Crippen LogP contribution in [0.25, 0.3) is 0 Å². The molecule has 2 heteroatoms. The summed E-state index contributed by atoms with van der Waals surface area (Å²) in [4.78, 5) is 0. The fourth-order valence-electron chi connectivity index (χ4n) is 1.35. The van der Waals surface area contributed by atoms with E-state index >= 15 is 0 Å². The molecule has 0 saturated heterocycles. The van der Waals surface area contributed by atoms with Crippen molar-refractivity contribution in [2.75, 3.05) is 5.73 Å². The first-order valence-electron chi connectivity index (χ1n) is 4.38. The number of hydrogen-bond acceptors (Lipinski definition) is 1. The van der Waals surface area contributed by atoms with Gasteiger partial charge in [0.2, 0.25) is 0 Å². The fraction of sp³-hybridized carbons (Fsp3) is 0.455. The second kappa shape index (κ2) is 3.48. The molecule has 0 spiro atoms. The van der Waals surface area contributed by atoms with Gasteiger partial charge in [0.1, 0.15) is 0 Å². The van der Waals surface area contributed by atoms with Crippen LogP contribution < -0.4 is 5.73 Å². The highest BCUT2D eigenvalue weighted by Crippen LogP contribution is 2.30. The molecule has 0 unspecified atom stereocenters. The van der Waals surface area contributed by atoms with Crippen LogP contribution >= 0.6 is 22.6 Å². The highest BCUT2D eigenvalue weighted by atomic mass is 127. The third-order valence-corrected chi connectivity index (χ3v) is 3.30. The van der Waals surface area contributed by atoms with Crippen LogP contribution in [0.2, 0.25) is 0 Å².